The molecule has 2 heteroatoms. The molecule has 2 aromatic heterocycles. The van der Waals surface area contributed by atoms with Crippen molar-refractivity contribution in [3.05, 3.63) is 71.8 Å². The van der Waals surface area contributed by atoms with E-state index in [4.69, 9.17) is 4.98 Å². The zero-order valence-electron chi connectivity index (χ0n) is 17.7. The maximum atomic E-state index is 5.05. The van der Waals surface area contributed by atoms with Crippen molar-refractivity contribution in [3.8, 4) is 0 Å². The Morgan fingerprint density at radius 2 is 1.34 bits per heavy atom. The first-order valence-corrected chi connectivity index (χ1v) is 10.8. The van der Waals surface area contributed by atoms with E-state index in [9.17, 15) is 0 Å². The molecule has 0 aliphatic rings. The number of hydrogen-bond donors (Lipinski definition) is 0. The first kappa shape index (κ1) is 18.2. The van der Waals surface area contributed by atoms with Gasteiger partial charge >= 0.3 is 0 Å². The van der Waals surface area contributed by atoms with Gasteiger partial charge in [0, 0.05) is 10.8 Å². The van der Waals surface area contributed by atoms with Crippen LogP contribution < -0.4 is 0 Å². The molecule has 0 amide bonds. The third-order valence-corrected chi connectivity index (χ3v) is 5.77. The first-order chi connectivity index (χ1) is 14.0. The summed E-state index contributed by atoms with van der Waals surface area (Å²) in [5.74, 6) is 1.29. The summed E-state index contributed by atoms with van der Waals surface area (Å²) < 4.78 is 2.37. The summed E-state index contributed by atoms with van der Waals surface area (Å²) >= 11 is 0. The van der Waals surface area contributed by atoms with Gasteiger partial charge in [0.25, 0.3) is 0 Å². The molecule has 0 saturated carbocycles. The van der Waals surface area contributed by atoms with E-state index < -0.39 is 0 Å². The van der Waals surface area contributed by atoms with E-state index in [1.807, 2.05) is 0 Å². The van der Waals surface area contributed by atoms with Gasteiger partial charge in [0.05, 0.1) is 16.6 Å². The highest BCUT2D eigenvalue weighted by Crippen LogP contribution is 2.33. The summed E-state index contributed by atoms with van der Waals surface area (Å²) in [6, 6.07) is 22.4. The topological polar surface area (TPSA) is 17.3 Å². The minimum Gasteiger partial charge on any atom is -0.292 e. The van der Waals surface area contributed by atoms with Crippen LogP contribution in [0.2, 0.25) is 0 Å². The van der Waals surface area contributed by atoms with E-state index in [0.29, 0.717) is 11.8 Å². The van der Waals surface area contributed by atoms with E-state index in [2.05, 4.69) is 92.8 Å². The van der Waals surface area contributed by atoms with Crippen molar-refractivity contribution >= 4 is 38.4 Å². The molecule has 0 unspecified atom stereocenters. The molecule has 0 radical (unpaired) electrons. The van der Waals surface area contributed by atoms with Gasteiger partial charge in [-0.3, -0.25) is 4.40 Å². The van der Waals surface area contributed by atoms with Crippen molar-refractivity contribution in [3.63, 3.8) is 0 Å². The average molecular weight is 381 g/mol. The van der Waals surface area contributed by atoms with Crippen molar-refractivity contribution in [2.75, 3.05) is 0 Å². The maximum absolute atomic E-state index is 5.05. The molecule has 5 rings (SSSR count). The molecule has 5 aromatic rings. The Morgan fingerprint density at radius 3 is 2.07 bits per heavy atom. The Balaban J connectivity index is 1.91. The van der Waals surface area contributed by atoms with E-state index in [-0.39, 0.29) is 0 Å². The van der Waals surface area contributed by atoms with E-state index in [1.165, 1.54) is 38.3 Å². The van der Waals surface area contributed by atoms with Crippen LogP contribution in [0, 0.1) is 11.8 Å². The largest absolute Gasteiger partial charge is 0.292 e. The second-order valence-electron chi connectivity index (χ2n) is 9.19. The molecule has 2 nitrogen and oxygen atoms in total. The van der Waals surface area contributed by atoms with E-state index >= 15 is 0 Å². The Hall–Kier alpha value is -2.87. The monoisotopic (exact) mass is 380 g/mol. The third-order valence-electron chi connectivity index (χ3n) is 5.77. The molecule has 146 valence electrons. The number of fused-ring (bicyclic) bond motifs is 8. The minimum absolute atomic E-state index is 0.641. The number of pyridine rings is 1. The van der Waals surface area contributed by atoms with Crippen LogP contribution in [-0.2, 0) is 12.8 Å². The normalized spacial score (nSPS) is 12.3. The number of aromatic nitrogens is 2. The number of rotatable bonds is 4. The molecular formula is C27H28N2. The van der Waals surface area contributed by atoms with E-state index in [1.54, 1.807) is 0 Å². The summed E-state index contributed by atoms with van der Waals surface area (Å²) in [5.41, 5.74) is 7.37. The molecule has 0 fully saturated rings. The van der Waals surface area contributed by atoms with Crippen LogP contribution >= 0.6 is 0 Å². The van der Waals surface area contributed by atoms with Crippen molar-refractivity contribution in [1.82, 2.24) is 9.38 Å². The highest BCUT2D eigenvalue weighted by molar-refractivity contribution is 6.13. The van der Waals surface area contributed by atoms with Crippen molar-refractivity contribution in [1.29, 1.82) is 0 Å². The summed E-state index contributed by atoms with van der Waals surface area (Å²) in [4.78, 5) is 5.05. The zero-order chi connectivity index (χ0) is 20.1. The number of nitrogens with zero attached hydrogens (tertiary/aromatic N) is 2. The number of benzene rings is 3. The van der Waals surface area contributed by atoms with E-state index in [0.717, 1.165) is 24.0 Å². The molecule has 3 aromatic carbocycles. The van der Waals surface area contributed by atoms with Gasteiger partial charge in [0.2, 0.25) is 0 Å². The van der Waals surface area contributed by atoms with Gasteiger partial charge in [-0.05, 0) is 65.5 Å². The van der Waals surface area contributed by atoms with Gasteiger partial charge in [-0.1, -0.05) is 64.1 Å². The molecule has 0 bridgehead atoms. The zero-order valence-corrected chi connectivity index (χ0v) is 17.7. The Morgan fingerprint density at radius 1 is 0.690 bits per heavy atom. The lowest BCUT2D eigenvalue weighted by atomic mass is 9.98. The third kappa shape index (κ3) is 3.07. The fourth-order valence-corrected chi connectivity index (χ4v) is 4.65. The highest BCUT2D eigenvalue weighted by atomic mass is 15.0. The molecule has 0 aliphatic carbocycles. The molecule has 0 spiro atoms. The maximum Gasteiger partial charge on any atom is 0.146 e. The van der Waals surface area contributed by atoms with Crippen LogP contribution in [-0.4, -0.2) is 9.38 Å². The predicted octanol–water partition coefficient (Wildman–Crippen LogP) is 7.19. The highest BCUT2D eigenvalue weighted by Gasteiger charge is 2.14. The average Bonchev–Trinajstić information content (AvgIpc) is 3.06. The Kier molecular flexibility index (Phi) is 4.31. The molecule has 0 atom stereocenters. The smallest absolute Gasteiger partial charge is 0.146 e. The van der Waals surface area contributed by atoms with Crippen LogP contribution in [0.1, 0.15) is 38.8 Å². The summed E-state index contributed by atoms with van der Waals surface area (Å²) in [6.45, 7) is 9.12. The second kappa shape index (κ2) is 6.88. The van der Waals surface area contributed by atoms with Gasteiger partial charge in [-0.2, -0.15) is 0 Å². The SMILES string of the molecule is CC(C)Cc1ccc2c(c1)c1ccccc1c1nc3ccc(CC(C)C)cc3n21. The first-order valence-electron chi connectivity index (χ1n) is 10.8. The summed E-state index contributed by atoms with van der Waals surface area (Å²) in [6.07, 6.45) is 2.19. The molecular weight excluding hydrogens is 352 g/mol. The quantitative estimate of drug-likeness (QED) is 0.302. The number of imidazole rings is 1. The van der Waals surface area contributed by atoms with Crippen molar-refractivity contribution < 1.29 is 0 Å². The number of hydrogen-bond acceptors (Lipinski definition) is 1. The Labute approximate surface area is 172 Å². The van der Waals surface area contributed by atoms with Crippen molar-refractivity contribution in [2.45, 2.75) is 40.5 Å². The fraction of sp³-hybridized carbons (Fsp3) is 0.296. The van der Waals surface area contributed by atoms with Gasteiger partial charge in [0.1, 0.15) is 5.65 Å². The summed E-state index contributed by atoms with van der Waals surface area (Å²) in [7, 11) is 0. The molecule has 29 heavy (non-hydrogen) atoms. The lowest BCUT2D eigenvalue weighted by Crippen LogP contribution is -1.97. The second-order valence-corrected chi connectivity index (χ2v) is 9.19. The molecule has 0 aliphatic heterocycles. The van der Waals surface area contributed by atoms with Crippen LogP contribution in [0.15, 0.2) is 60.7 Å². The van der Waals surface area contributed by atoms with Gasteiger partial charge in [-0.15, -0.1) is 0 Å². The molecule has 0 N–H and O–H groups in total. The minimum atomic E-state index is 0.641. The summed E-state index contributed by atoms with van der Waals surface area (Å²) in [5, 5.41) is 3.83. The lowest BCUT2D eigenvalue weighted by molar-refractivity contribution is 0.647. The van der Waals surface area contributed by atoms with Crippen LogP contribution in [0.25, 0.3) is 38.4 Å². The standard InChI is InChI=1S/C27H28N2/c1-17(2)13-19-10-12-25-23(15-19)21-7-5-6-8-22(21)27-28-24-11-9-20(14-18(3)4)16-26(24)29(25)27/h5-12,15-18H,13-14H2,1-4H3. The predicted molar refractivity (Wildman–Crippen MR) is 125 cm³/mol. The molecule has 0 saturated heterocycles. The van der Waals surface area contributed by atoms with Crippen LogP contribution in [0.5, 0.6) is 0 Å². The van der Waals surface area contributed by atoms with Crippen molar-refractivity contribution in [2.24, 2.45) is 11.8 Å². The van der Waals surface area contributed by atoms with Crippen LogP contribution in [0.3, 0.4) is 0 Å². The van der Waals surface area contributed by atoms with Gasteiger partial charge < -0.3 is 0 Å². The molecule has 2 heterocycles. The fourth-order valence-electron chi connectivity index (χ4n) is 4.65. The Bertz CT molecular complexity index is 1360. The van der Waals surface area contributed by atoms with Crippen LogP contribution in [0.4, 0.5) is 0 Å². The van der Waals surface area contributed by atoms with Gasteiger partial charge in [0.15, 0.2) is 0 Å². The lowest BCUT2D eigenvalue weighted by Gasteiger charge is -2.12. The van der Waals surface area contributed by atoms with Gasteiger partial charge in [-0.25, -0.2) is 4.98 Å².